The molecule has 0 unspecified atom stereocenters. The molecule has 1 aliphatic carbocycles. The van der Waals surface area contributed by atoms with E-state index in [1.165, 1.54) is 5.57 Å². The number of unbranched alkanes of at least 4 members (excludes halogenated alkanes) is 6. The molecular formula is C64H70N10O2+2. The van der Waals surface area contributed by atoms with Gasteiger partial charge < -0.3 is 32.7 Å². The number of nitrogen functional groups attached to an aromatic ring is 2. The first kappa shape index (κ1) is 52.3. The second-order valence-electron chi connectivity index (χ2n) is 19.7. The van der Waals surface area contributed by atoms with Crippen molar-refractivity contribution in [1.29, 1.82) is 0 Å². The normalized spacial score (nSPS) is 12.8. The predicted octanol–water partition coefficient (Wildman–Crippen LogP) is 11.6. The Labute approximate surface area is 446 Å². The molecule has 0 saturated carbocycles. The van der Waals surface area contributed by atoms with E-state index < -0.39 is 0 Å². The van der Waals surface area contributed by atoms with Crippen molar-refractivity contribution in [3.05, 3.63) is 198 Å². The number of carbonyl (C=O) groups is 2. The van der Waals surface area contributed by atoms with Gasteiger partial charge in [-0.2, -0.15) is 0 Å². The maximum atomic E-state index is 13.0. The lowest BCUT2D eigenvalue weighted by Crippen LogP contribution is -2.71. The summed E-state index contributed by atoms with van der Waals surface area (Å²) in [6.07, 6.45) is 13.3. The van der Waals surface area contributed by atoms with Gasteiger partial charge in [0.25, 0.3) is 11.8 Å². The Morgan fingerprint density at radius 1 is 0.592 bits per heavy atom. The highest BCUT2D eigenvalue weighted by molar-refractivity contribution is 6.00. The first-order valence-corrected chi connectivity index (χ1v) is 26.8. The Morgan fingerprint density at radius 2 is 1.16 bits per heavy atom. The zero-order valence-corrected chi connectivity index (χ0v) is 43.7. The molecule has 0 radical (unpaired) electrons. The number of aromatic nitrogens is 2. The number of aliphatic imine (C=N–C) groups is 1. The van der Waals surface area contributed by atoms with Crippen LogP contribution in [0, 0.1) is 6.92 Å². The van der Waals surface area contributed by atoms with Gasteiger partial charge in [-0.05, 0) is 135 Å². The third-order valence-corrected chi connectivity index (χ3v) is 13.9. The minimum Gasteiger partial charge on any atom is -0.399 e. The number of aryl methyl sites for hydroxylation is 1. The van der Waals surface area contributed by atoms with Crippen LogP contribution in [-0.4, -0.2) is 48.7 Å². The van der Waals surface area contributed by atoms with E-state index in [1.807, 2.05) is 121 Å². The molecule has 12 nitrogen and oxygen atoms in total. The molecule has 1 heterocycles. The molecule has 1 aliphatic rings. The molecule has 0 aliphatic heterocycles. The van der Waals surface area contributed by atoms with Crippen LogP contribution in [0.2, 0.25) is 0 Å². The van der Waals surface area contributed by atoms with Crippen molar-refractivity contribution in [2.45, 2.75) is 71.6 Å². The summed E-state index contributed by atoms with van der Waals surface area (Å²) in [5.74, 6) is -0.143. The number of nitrogens with one attached hydrogen (secondary N) is 4. The van der Waals surface area contributed by atoms with E-state index in [2.05, 4.69) is 93.5 Å². The summed E-state index contributed by atoms with van der Waals surface area (Å²) >= 11 is 0. The SMILES string of the molecule is CC1=CC(=Nc2ccc(N)cc2[NH2+]c2ccccc2)CC=C1NCCCCCCNC(=O)c1ccc(-c2ccc(C(=O)NCCCCCCNc3cc4c(cc3C)nc3ccc(N)cc3[n+]4-c3ccccc3)cc2)cc1. The topological polar surface area (TPSA) is 180 Å². The third kappa shape index (κ3) is 13.8. The van der Waals surface area contributed by atoms with Gasteiger partial charge >= 0.3 is 0 Å². The zero-order valence-electron chi connectivity index (χ0n) is 43.7. The smallest absolute Gasteiger partial charge is 0.251 e. The first-order valence-electron chi connectivity index (χ1n) is 26.8. The average Bonchev–Trinajstić information content (AvgIpc) is 3.43. The van der Waals surface area contributed by atoms with Gasteiger partial charge in [0, 0.05) is 103 Å². The van der Waals surface area contributed by atoms with Crippen molar-refractivity contribution in [1.82, 2.24) is 20.9 Å². The molecule has 9 rings (SSSR count). The molecule has 1 aromatic heterocycles. The molecule has 76 heavy (non-hydrogen) atoms. The van der Waals surface area contributed by atoms with E-state index in [4.69, 9.17) is 21.4 Å². The number of hydrogen-bond donors (Lipinski definition) is 7. The minimum absolute atomic E-state index is 0.0692. The van der Waals surface area contributed by atoms with Crippen LogP contribution in [0.1, 0.15) is 91.0 Å². The highest BCUT2D eigenvalue weighted by atomic mass is 16.2. The number of rotatable bonds is 23. The van der Waals surface area contributed by atoms with Crippen LogP contribution in [0.5, 0.6) is 0 Å². The molecule has 0 atom stereocenters. The Bertz CT molecular complexity index is 3390. The Morgan fingerprint density at radius 3 is 1.79 bits per heavy atom. The van der Waals surface area contributed by atoms with Crippen LogP contribution >= 0.6 is 0 Å². The summed E-state index contributed by atoms with van der Waals surface area (Å²) in [7, 11) is 0. The Kier molecular flexibility index (Phi) is 17.6. The molecule has 10 N–H and O–H groups in total. The fourth-order valence-corrected chi connectivity index (χ4v) is 9.68. The van der Waals surface area contributed by atoms with Gasteiger partial charge in [-0.15, -0.1) is 4.57 Å². The lowest BCUT2D eigenvalue weighted by Gasteiger charge is -2.16. The highest BCUT2D eigenvalue weighted by Crippen LogP contribution is 2.28. The van der Waals surface area contributed by atoms with Crippen LogP contribution < -0.4 is 42.6 Å². The van der Waals surface area contributed by atoms with Gasteiger partial charge in [0.1, 0.15) is 22.4 Å². The van der Waals surface area contributed by atoms with E-state index >= 15 is 0 Å². The van der Waals surface area contributed by atoms with Crippen LogP contribution in [0.4, 0.5) is 34.1 Å². The number of benzene rings is 7. The fraction of sp³-hybridized carbons (Fsp3) is 0.234. The van der Waals surface area contributed by atoms with Gasteiger partial charge in [-0.1, -0.05) is 92.4 Å². The number of amides is 2. The van der Waals surface area contributed by atoms with Crippen LogP contribution in [0.15, 0.2) is 186 Å². The highest BCUT2D eigenvalue weighted by Gasteiger charge is 2.21. The quantitative estimate of drug-likeness (QED) is 0.0144. The average molecular weight is 1010 g/mol. The molecule has 0 bridgehead atoms. The Balaban J connectivity index is 0.634. The summed E-state index contributed by atoms with van der Waals surface area (Å²) < 4.78 is 2.24. The van der Waals surface area contributed by atoms with Crippen molar-refractivity contribution in [3.63, 3.8) is 0 Å². The molecular weight excluding hydrogens is 941 g/mol. The molecule has 7 aromatic carbocycles. The lowest BCUT2D eigenvalue weighted by atomic mass is 10.0. The standard InChI is InChI=1S/C64H68N10O2/c1-44-39-53(72-56-32-29-50(65)41-59(56)71-52-17-9-7-10-18-52)31-34-55(44)67-35-13-3-5-15-37-69-63(75)48-25-21-46(22-26-48)47-23-27-49(28-24-47)64(76)70-38-16-6-4-14-36-68-58-43-62-60(40-45(58)2)73-57-33-30-51(66)42-61(57)74(62)54-19-11-8-12-20-54/h7-12,17-30,32-34,39-43,67,71H,3-6,13-16,31,35-38,65H2,1-2H3,(H4,66,68,69,70,75,76)/p+2. The summed E-state index contributed by atoms with van der Waals surface area (Å²) in [6.45, 7) is 7.26. The number of fused-ring (bicyclic) bond motifs is 2. The lowest BCUT2D eigenvalue weighted by molar-refractivity contribution is -0.538. The van der Waals surface area contributed by atoms with E-state index in [1.54, 1.807) is 0 Å². The molecule has 386 valence electrons. The molecule has 0 fully saturated rings. The molecule has 0 spiro atoms. The first-order chi connectivity index (χ1) is 37.1. The van der Waals surface area contributed by atoms with Gasteiger partial charge in [0.05, 0.1) is 0 Å². The van der Waals surface area contributed by atoms with Crippen molar-refractivity contribution in [2.24, 2.45) is 4.99 Å². The summed E-state index contributed by atoms with van der Waals surface area (Å²) in [6, 6.07) is 51.9. The van der Waals surface area contributed by atoms with E-state index in [-0.39, 0.29) is 11.8 Å². The fourth-order valence-electron chi connectivity index (χ4n) is 9.68. The number of nitrogens with zero attached hydrogens (tertiary/aromatic N) is 3. The van der Waals surface area contributed by atoms with E-state index in [0.717, 1.165) is 155 Å². The monoisotopic (exact) mass is 1010 g/mol. The number of allylic oxidation sites excluding steroid dienone is 3. The van der Waals surface area contributed by atoms with Gasteiger partial charge in [0.15, 0.2) is 5.69 Å². The Hall–Kier alpha value is -8.61. The van der Waals surface area contributed by atoms with Gasteiger partial charge in [-0.25, -0.2) is 9.98 Å². The molecule has 12 heteroatoms. The van der Waals surface area contributed by atoms with Crippen molar-refractivity contribution in [3.8, 4) is 16.8 Å². The molecule has 0 saturated heterocycles. The summed E-state index contributed by atoms with van der Waals surface area (Å²) in [4.78, 5) is 35.9. The molecule has 2 amide bonds. The number of carbonyl (C=O) groups excluding carboxylic acids is 2. The van der Waals surface area contributed by atoms with Gasteiger partial charge in [0.2, 0.25) is 16.7 Å². The van der Waals surface area contributed by atoms with Gasteiger partial charge in [-0.3, -0.25) is 14.9 Å². The minimum atomic E-state index is -0.0738. The number of anilines is 3. The predicted molar refractivity (Wildman–Crippen MR) is 312 cm³/mol. The number of hydrogen-bond acceptors (Lipinski definition) is 8. The number of quaternary nitrogens is 1. The molecule has 8 aromatic rings. The largest absolute Gasteiger partial charge is 0.399 e. The second kappa shape index (κ2) is 25.6. The summed E-state index contributed by atoms with van der Waals surface area (Å²) in [5.41, 5.74) is 30.5. The van der Waals surface area contributed by atoms with Crippen LogP contribution in [0.25, 0.3) is 38.9 Å². The maximum Gasteiger partial charge on any atom is 0.251 e. The number of nitrogens with two attached hydrogens (primary N) is 3. The van der Waals surface area contributed by atoms with Crippen molar-refractivity contribution < 1.29 is 19.5 Å². The van der Waals surface area contributed by atoms with Crippen molar-refractivity contribution in [2.75, 3.05) is 43.0 Å². The second-order valence-corrected chi connectivity index (χ2v) is 19.7. The van der Waals surface area contributed by atoms with Crippen LogP contribution in [0.3, 0.4) is 0 Å². The van der Waals surface area contributed by atoms with E-state index in [0.29, 0.717) is 29.9 Å². The maximum absolute atomic E-state index is 13.0. The van der Waals surface area contributed by atoms with Crippen LogP contribution in [-0.2, 0) is 0 Å². The number of para-hydroxylation sites is 2. The summed E-state index contributed by atoms with van der Waals surface area (Å²) in [5, 5.41) is 15.6. The zero-order chi connectivity index (χ0) is 52.6. The van der Waals surface area contributed by atoms with E-state index in [9.17, 15) is 9.59 Å². The third-order valence-electron chi connectivity index (χ3n) is 13.9. The van der Waals surface area contributed by atoms with Crippen molar-refractivity contribution >= 4 is 73.7 Å².